The van der Waals surface area contributed by atoms with E-state index in [1.807, 2.05) is 0 Å². The Morgan fingerprint density at radius 3 is 2.10 bits per heavy atom. The highest BCUT2D eigenvalue weighted by molar-refractivity contribution is 5.74. The number of carbonyl (C=O) groups is 1. The predicted molar refractivity (Wildman–Crippen MR) is 82.8 cm³/mol. The second-order valence-corrected chi connectivity index (χ2v) is 6.92. The van der Waals surface area contributed by atoms with E-state index in [0.29, 0.717) is 12.1 Å². The zero-order chi connectivity index (χ0) is 14.4. The van der Waals surface area contributed by atoms with Crippen LogP contribution in [0, 0.1) is 5.92 Å². The van der Waals surface area contributed by atoms with Crippen molar-refractivity contribution in [1.29, 1.82) is 0 Å². The Hall–Kier alpha value is -0.770. The van der Waals surface area contributed by atoms with Crippen molar-refractivity contribution >= 4 is 6.03 Å². The van der Waals surface area contributed by atoms with Crippen LogP contribution in [0.5, 0.6) is 0 Å². The molecule has 2 N–H and O–H groups in total. The zero-order valence-corrected chi connectivity index (χ0v) is 13.2. The number of nitrogens with zero attached hydrogens (tertiary/aromatic N) is 1. The number of rotatable bonds is 4. The van der Waals surface area contributed by atoms with Crippen molar-refractivity contribution in [2.75, 3.05) is 19.6 Å². The number of urea groups is 1. The maximum absolute atomic E-state index is 12.0. The molecule has 116 valence electrons. The molecule has 2 aliphatic rings. The molecule has 0 atom stereocenters. The van der Waals surface area contributed by atoms with Gasteiger partial charge in [0.15, 0.2) is 0 Å². The smallest absolute Gasteiger partial charge is 0.315 e. The maximum atomic E-state index is 12.0. The number of hydrogen-bond donors (Lipinski definition) is 2. The Morgan fingerprint density at radius 1 is 1.00 bits per heavy atom. The van der Waals surface area contributed by atoms with Crippen LogP contribution in [0.15, 0.2) is 0 Å². The van der Waals surface area contributed by atoms with E-state index in [0.717, 1.165) is 44.7 Å². The van der Waals surface area contributed by atoms with E-state index in [9.17, 15) is 4.79 Å². The lowest BCUT2D eigenvalue weighted by atomic mass is 9.96. The highest BCUT2D eigenvalue weighted by Gasteiger charge is 2.22. The van der Waals surface area contributed by atoms with Gasteiger partial charge in [-0.3, -0.25) is 0 Å². The summed E-state index contributed by atoms with van der Waals surface area (Å²) in [5.74, 6) is 0.731. The second kappa shape index (κ2) is 7.87. The lowest BCUT2D eigenvalue weighted by Crippen LogP contribution is -2.50. The van der Waals surface area contributed by atoms with Gasteiger partial charge in [0.25, 0.3) is 0 Å². The van der Waals surface area contributed by atoms with Crippen LogP contribution < -0.4 is 10.6 Å². The molecule has 0 bridgehead atoms. The fourth-order valence-corrected chi connectivity index (χ4v) is 3.44. The summed E-state index contributed by atoms with van der Waals surface area (Å²) in [6.45, 7) is 7.95. The molecular formula is C16H31N3O. The van der Waals surface area contributed by atoms with Gasteiger partial charge >= 0.3 is 6.03 Å². The minimum absolute atomic E-state index is 0.0548. The fraction of sp³-hybridized carbons (Fsp3) is 0.938. The molecule has 1 aliphatic heterocycles. The summed E-state index contributed by atoms with van der Waals surface area (Å²) >= 11 is 0. The molecule has 0 aromatic heterocycles. The molecule has 0 aromatic rings. The normalized spacial score (nSPS) is 22.9. The minimum atomic E-state index is 0.0548. The Balaban J connectivity index is 1.63. The largest absolute Gasteiger partial charge is 0.335 e. The lowest BCUT2D eigenvalue weighted by molar-refractivity contribution is 0.176. The Morgan fingerprint density at radius 2 is 1.55 bits per heavy atom. The Labute approximate surface area is 123 Å². The average molecular weight is 281 g/mol. The van der Waals surface area contributed by atoms with Crippen molar-refractivity contribution in [2.24, 2.45) is 5.92 Å². The molecular weight excluding hydrogens is 250 g/mol. The molecule has 1 heterocycles. The van der Waals surface area contributed by atoms with Gasteiger partial charge in [0.1, 0.15) is 0 Å². The van der Waals surface area contributed by atoms with E-state index in [1.54, 1.807) is 0 Å². The van der Waals surface area contributed by atoms with Gasteiger partial charge in [-0.2, -0.15) is 0 Å². The van der Waals surface area contributed by atoms with Gasteiger partial charge in [-0.25, -0.2) is 4.79 Å². The summed E-state index contributed by atoms with van der Waals surface area (Å²) < 4.78 is 0. The quantitative estimate of drug-likeness (QED) is 0.832. The summed E-state index contributed by atoms with van der Waals surface area (Å²) in [7, 11) is 0. The first-order valence-electron chi connectivity index (χ1n) is 8.43. The molecule has 0 spiro atoms. The molecule has 2 amide bonds. The molecule has 1 saturated heterocycles. The average Bonchev–Trinajstić information content (AvgIpc) is 2.41. The summed E-state index contributed by atoms with van der Waals surface area (Å²) in [5, 5.41) is 6.31. The fourth-order valence-electron chi connectivity index (χ4n) is 3.44. The number of amides is 2. The van der Waals surface area contributed by atoms with Crippen LogP contribution >= 0.6 is 0 Å². The van der Waals surface area contributed by atoms with Crippen LogP contribution in [0.2, 0.25) is 0 Å². The molecule has 1 aliphatic carbocycles. The van der Waals surface area contributed by atoms with E-state index in [4.69, 9.17) is 0 Å². The van der Waals surface area contributed by atoms with Crippen LogP contribution in [0.25, 0.3) is 0 Å². The molecule has 0 aromatic carbocycles. The van der Waals surface area contributed by atoms with E-state index in [2.05, 4.69) is 29.4 Å². The van der Waals surface area contributed by atoms with Gasteiger partial charge in [0, 0.05) is 31.7 Å². The van der Waals surface area contributed by atoms with Crippen molar-refractivity contribution < 1.29 is 4.79 Å². The van der Waals surface area contributed by atoms with Crippen molar-refractivity contribution in [2.45, 2.75) is 70.9 Å². The molecule has 1 saturated carbocycles. The monoisotopic (exact) mass is 281 g/mol. The van der Waals surface area contributed by atoms with E-state index in [1.165, 1.54) is 25.8 Å². The zero-order valence-electron chi connectivity index (χ0n) is 13.2. The molecule has 2 rings (SSSR count). The Bertz CT molecular complexity index is 292. The molecule has 20 heavy (non-hydrogen) atoms. The van der Waals surface area contributed by atoms with Crippen LogP contribution in [0.1, 0.15) is 58.8 Å². The molecule has 0 unspecified atom stereocenters. The molecule has 2 fully saturated rings. The number of carbonyl (C=O) groups excluding carboxylic acids is 1. The van der Waals surface area contributed by atoms with Gasteiger partial charge in [0.2, 0.25) is 0 Å². The van der Waals surface area contributed by atoms with Crippen molar-refractivity contribution in [1.82, 2.24) is 15.5 Å². The van der Waals surface area contributed by atoms with E-state index in [-0.39, 0.29) is 6.03 Å². The topological polar surface area (TPSA) is 44.4 Å². The van der Waals surface area contributed by atoms with Crippen LogP contribution in [-0.4, -0.2) is 42.6 Å². The van der Waals surface area contributed by atoms with E-state index >= 15 is 0 Å². The first kappa shape index (κ1) is 15.6. The number of likely N-dealkylation sites (tertiary alicyclic amines) is 1. The third-order valence-electron chi connectivity index (χ3n) is 4.49. The van der Waals surface area contributed by atoms with Crippen LogP contribution in [-0.2, 0) is 0 Å². The van der Waals surface area contributed by atoms with Gasteiger partial charge < -0.3 is 15.5 Å². The maximum Gasteiger partial charge on any atom is 0.315 e. The van der Waals surface area contributed by atoms with Crippen molar-refractivity contribution in [3.05, 3.63) is 0 Å². The Kier molecular flexibility index (Phi) is 6.14. The third kappa shape index (κ3) is 5.31. The number of nitrogens with one attached hydrogen (secondary N) is 2. The van der Waals surface area contributed by atoms with Gasteiger partial charge in [-0.1, -0.05) is 33.1 Å². The second-order valence-electron chi connectivity index (χ2n) is 6.92. The number of hydrogen-bond acceptors (Lipinski definition) is 2. The number of piperidine rings is 1. The van der Waals surface area contributed by atoms with E-state index < -0.39 is 0 Å². The molecule has 4 nitrogen and oxygen atoms in total. The van der Waals surface area contributed by atoms with Crippen molar-refractivity contribution in [3.63, 3.8) is 0 Å². The summed E-state index contributed by atoms with van der Waals surface area (Å²) in [6, 6.07) is 0.825. The van der Waals surface area contributed by atoms with Crippen LogP contribution in [0.3, 0.4) is 0 Å². The van der Waals surface area contributed by atoms with Crippen LogP contribution in [0.4, 0.5) is 4.79 Å². The van der Waals surface area contributed by atoms with Crippen molar-refractivity contribution in [3.8, 4) is 0 Å². The van der Waals surface area contributed by atoms with Gasteiger partial charge in [-0.05, 0) is 31.6 Å². The standard InChI is InChI=1S/C16H31N3O/c1-13(2)12-19-10-8-15(9-11-19)18-16(20)17-14-6-4-3-5-7-14/h13-15H,3-12H2,1-2H3,(H2,17,18,20). The lowest BCUT2D eigenvalue weighted by Gasteiger charge is -2.33. The first-order chi connectivity index (χ1) is 9.63. The summed E-state index contributed by atoms with van der Waals surface area (Å²) in [6.07, 6.45) is 8.33. The SMILES string of the molecule is CC(C)CN1CCC(NC(=O)NC2CCCCC2)CC1. The minimum Gasteiger partial charge on any atom is -0.335 e. The van der Waals surface area contributed by atoms with Gasteiger partial charge in [0.05, 0.1) is 0 Å². The predicted octanol–water partition coefficient (Wildman–Crippen LogP) is 2.74. The molecule has 0 radical (unpaired) electrons. The summed E-state index contributed by atoms with van der Waals surface area (Å²) in [4.78, 5) is 14.5. The highest BCUT2D eigenvalue weighted by atomic mass is 16.2. The highest BCUT2D eigenvalue weighted by Crippen LogP contribution is 2.17. The first-order valence-corrected chi connectivity index (χ1v) is 8.43. The summed E-state index contributed by atoms with van der Waals surface area (Å²) in [5.41, 5.74) is 0. The third-order valence-corrected chi connectivity index (χ3v) is 4.49. The molecule has 4 heteroatoms. The van der Waals surface area contributed by atoms with Gasteiger partial charge in [-0.15, -0.1) is 0 Å².